The monoisotopic (exact) mass is 425 g/mol. The standard InChI is InChI=1S/C17H14Cl2FN5OS/c1-9(16(26)22-14-6-5-12(20)8-13(14)19)27-17-24-23-15(25(17)21)10-3-2-4-11(18)7-10/h2-9H,21H2,1H3,(H,22,26)/t9-/m0/s1. The van der Waals surface area contributed by atoms with E-state index in [1.807, 2.05) is 0 Å². The molecule has 0 spiro atoms. The third kappa shape index (κ3) is 4.52. The molecule has 1 amide bonds. The molecular weight excluding hydrogens is 412 g/mol. The minimum Gasteiger partial charge on any atom is -0.335 e. The van der Waals surface area contributed by atoms with E-state index in [2.05, 4.69) is 15.5 Å². The summed E-state index contributed by atoms with van der Waals surface area (Å²) in [7, 11) is 0. The van der Waals surface area contributed by atoms with E-state index >= 15 is 0 Å². The van der Waals surface area contributed by atoms with E-state index in [-0.39, 0.29) is 10.9 Å². The van der Waals surface area contributed by atoms with Gasteiger partial charge in [-0.25, -0.2) is 9.07 Å². The van der Waals surface area contributed by atoms with Gasteiger partial charge in [0.15, 0.2) is 5.82 Å². The van der Waals surface area contributed by atoms with Gasteiger partial charge in [0.05, 0.1) is 16.0 Å². The average Bonchev–Trinajstić information content (AvgIpc) is 2.98. The molecule has 0 aliphatic heterocycles. The quantitative estimate of drug-likeness (QED) is 0.471. The van der Waals surface area contributed by atoms with Crippen LogP contribution in [0.3, 0.4) is 0 Å². The van der Waals surface area contributed by atoms with Gasteiger partial charge in [0, 0.05) is 10.6 Å². The van der Waals surface area contributed by atoms with Gasteiger partial charge in [-0.05, 0) is 37.3 Å². The molecule has 140 valence electrons. The Morgan fingerprint density at radius 3 is 2.74 bits per heavy atom. The van der Waals surface area contributed by atoms with E-state index in [0.29, 0.717) is 27.3 Å². The maximum Gasteiger partial charge on any atom is 0.237 e. The number of hydrogen-bond acceptors (Lipinski definition) is 5. The summed E-state index contributed by atoms with van der Waals surface area (Å²) in [6.45, 7) is 1.69. The van der Waals surface area contributed by atoms with Gasteiger partial charge in [-0.15, -0.1) is 10.2 Å². The van der Waals surface area contributed by atoms with E-state index < -0.39 is 11.1 Å². The van der Waals surface area contributed by atoms with Crippen LogP contribution in [0.1, 0.15) is 6.92 Å². The van der Waals surface area contributed by atoms with Crippen molar-refractivity contribution in [3.8, 4) is 11.4 Å². The van der Waals surface area contributed by atoms with Gasteiger partial charge in [-0.2, -0.15) is 0 Å². The normalized spacial score (nSPS) is 12.0. The van der Waals surface area contributed by atoms with Crippen LogP contribution in [0, 0.1) is 5.82 Å². The lowest BCUT2D eigenvalue weighted by Gasteiger charge is -2.12. The Morgan fingerprint density at radius 1 is 1.26 bits per heavy atom. The molecule has 2 aromatic carbocycles. The van der Waals surface area contributed by atoms with Crippen molar-refractivity contribution in [1.82, 2.24) is 14.9 Å². The highest BCUT2D eigenvalue weighted by molar-refractivity contribution is 8.00. The molecule has 3 aromatic rings. The topological polar surface area (TPSA) is 85.8 Å². The van der Waals surface area contributed by atoms with Crippen molar-refractivity contribution in [2.75, 3.05) is 11.2 Å². The van der Waals surface area contributed by atoms with Crippen LogP contribution in [0.4, 0.5) is 10.1 Å². The lowest BCUT2D eigenvalue weighted by Crippen LogP contribution is -2.23. The zero-order chi connectivity index (χ0) is 19.6. The molecular formula is C17H14Cl2FN5OS. The van der Waals surface area contributed by atoms with Gasteiger partial charge >= 0.3 is 0 Å². The molecule has 0 radical (unpaired) electrons. The number of anilines is 1. The first kappa shape index (κ1) is 19.5. The Kier molecular flexibility index (Phi) is 5.88. The van der Waals surface area contributed by atoms with Crippen molar-refractivity contribution in [2.24, 2.45) is 0 Å². The fraction of sp³-hybridized carbons (Fsp3) is 0.118. The summed E-state index contributed by atoms with van der Waals surface area (Å²) in [4.78, 5) is 12.4. The zero-order valence-corrected chi connectivity index (χ0v) is 16.3. The number of aromatic nitrogens is 3. The summed E-state index contributed by atoms with van der Waals surface area (Å²) in [5, 5.41) is 11.2. The summed E-state index contributed by atoms with van der Waals surface area (Å²) in [5.41, 5.74) is 1.03. The van der Waals surface area contributed by atoms with Crippen molar-refractivity contribution in [3.05, 3.63) is 58.3 Å². The number of halogens is 3. The maximum atomic E-state index is 13.1. The molecule has 1 atom stereocenters. The Bertz CT molecular complexity index is 997. The van der Waals surface area contributed by atoms with Crippen molar-refractivity contribution >= 4 is 46.6 Å². The van der Waals surface area contributed by atoms with Crippen molar-refractivity contribution < 1.29 is 9.18 Å². The maximum absolute atomic E-state index is 13.1. The molecule has 0 aliphatic rings. The summed E-state index contributed by atoms with van der Waals surface area (Å²) in [5.74, 6) is 5.67. The number of carbonyl (C=O) groups is 1. The van der Waals surface area contributed by atoms with Crippen LogP contribution in [-0.2, 0) is 4.79 Å². The first-order valence-corrected chi connectivity index (χ1v) is 9.37. The number of amides is 1. The first-order valence-electron chi connectivity index (χ1n) is 7.74. The summed E-state index contributed by atoms with van der Waals surface area (Å²) in [6, 6.07) is 10.8. The average molecular weight is 426 g/mol. The smallest absolute Gasteiger partial charge is 0.237 e. The van der Waals surface area contributed by atoms with Crippen molar-refractivity contribution in [1.29, 1.82) is 0 Å². The molecule has 6 nitrogen and oxygen atoms in total. The number of benzene rings is 2. The van der Waals surface area contributed by atoms with E-state index in [0.717, 1.165) is 17.8 Å². The fourth-order valence-electron chi connectivity index (χ4n) is 2.22. The van der Waals surface area contributed by atoms with Crippen molar-refractivity contribution in [3.63, 3.8) is 0 Å². The molecule has 0 fully saturated rings. The number of rotatable bonds is 5. The number of nitrogens with two attached hydrogens (primary N) is 1. The van der Waals surface area contributed by atoms with E-state index in [1.54, 1.807) is 31.2 Å². The molecule has 0 saturated carbocycles. The minimum atomic E-state index is -0.551. The molecule has 1 aromatic heterocycles. The van der Waals surface area contributed by atoms with Gasteiger partial charge < -0.3 is 11.2 Å². The minimum absolute atomic E-state index is 0.116. The molecule has 0 unspecified atom stereocenters. The van der Waals surface area contributed by atoms with Crippen LogP contribution in [0.15, 0.2) is 47.6 Å². The number of nitrogen functional groups attached to an aromatic ring is 1. The second-order valence-corrected chi connectivity index (χ2v) is 7.71. The highest BCUT2D eigenvalue weighted by Gasteiger charge is 2.21. The van der Waals surface area contributed by atoms with Crippen LogP contribution in [0.5, 0.6) is 0 Å². The summed E-state index contributed by atoms with van der Waals surface area (Å²) in [6.07, 6.45) is 0. The Balaban J connectivity index is 1.72. The molecule has 0 aliphatic carbocycles. The predicted molar refractivity (Wildman–Crippen MR) is 106 cm³/mol. The lowest BCUT2D eigenvalue weighted by molar-refractivity contribution is -0.115. The highest BCUT2D eigenvalue weighted by Crippen LogP contribution is 2.28. The summed E-state index contributed by atoms with van der Waals surface area (Å²) < 4.78 is 14.4. The molecule has 0 bridgehead atoms. The zero-order valence-electron chi connectivity index (χ0n) is 14.0. The number of nitrogens with one attached hydrogen (secondary N) is 1. The van der Waals surface area contributed by atoms with Crippen LogP contribution in [0.25, 0.3) is 11.4 Å². The van der Waals surface area contributed by atoms with E-state index in [4.69, 9.17) is 29.0 Å². The molecule has 1 heterocycles. The molecule has 3 N–H and O–H groups in total. The van der Waals surface area contributed by atoms with Crippen LogP contribution < -0.4 is 11.2 Å². The van der Waals surface area contributed by atoms with Crippen LogP contribution in [0.2, 0.25) is 10.0 Å². The lowest BCUT2D eigenvalue weighted by atomic mass is 10.2. The highest BCUT2D eigenvalue weighted by atomic mass is 35.5. The first-order chi connectivity index (χ1) is 12.8. The van der Waals surface area contributed by atoms with Gasteiger partial charge in [-0.3, -0.25) is 4.79 Å². The summed E-state index contributed by atoms with van der Waals surface area (Å²) >= 11 is 13.0. The van der Waals surface area contributed by atoms with Gasteiger partial charge in [0.2, 0.25) is 11.1 Å². The Labute approximate surface area is 168 Å². The third-order valence-electron chi connectivity index (χ3n) is 3.59. The second-order valence-electron chi connectivity index (χ2n) is 5.56. The largest absolute Gasteiger partial charge is 0.335 e. The number of carbonyl (C=O) groups excluding carboxylic acids is 1. The van der Waals surface area contributed by atoms with Crippen LogP contribution in [-0.4, -0.2) is 26.0 Å². The van der Waals surface area contributed by atoms with Crippen LogP contribution >= 0.6 is 35.0 Å². The fourth-order valence-corrected chi connectivity index (χ4v) is 3.39. The SMILES string of the molecule is C[C@H](Sc1nnc(-c2cccc(Cl)c2)n1N)C(=O)Nc1ccc(F)cc1Cl. The third-order valence-corrected chi connectivity index (χ3v) is 5.19. The van der Waals surface area contributed by atoms with Gasteiger partial charge in [0.1, 0.15) is 5.82 Å². The van der Waals surface area contributed by atoms with Gasteiger partial charge in [-0.1, -0.05) is 47.1 Å². The number of nitrogens with zero attached hydrogens (tertiary/aromatic N) is 3. The second kappa shape index (κ2) is 8.16. The van der Waals surface area contributed by atoms with E-state index in [9.17, 15) is 9.18 Å². The molecule has 0 saturated heterocycles. The number of thioether (sulfide) groups is 1. The van der Waals surface area contributed by atoms with Gasteiger partial charge in [0.25, 0.3) is 0 Å². The Hall–Kier alpha value is -2.29. The Morgan fingerprint density at radius 2 is 2.04 bits per heavy atom. The molecule has 27 heavy (non-hydrogen) atoms. The molecule has 3 rings (SSSR count). The van der Waals surface area contributed by atoms with E-state index in [1.165, 1.54) is 16.8 Å². The number of hydrogen-bond donors (Lipinski definition) is 2. The predicted octanol–water partition coefficient (Wildman–Crippen LogP) is 4.22. The van der Waals surface area contributed by atoms with Crippen molar-refractivity contribution in [2.45, 2.75) is 17.3 Å². The molecule has 10 heteroatoms.